The van der Waals surface area contributed by atoms with Gasteiger partial charge < -0.3 is 11.1 Å². The Labute approximate surface area is 132 Å². The van der Waals surface area contributed by atoms with Gasteiger partial charge in [0.15, 0.2) is 0 Å². The summed E-state index contributed by atoms with van der Waals surface area (Å²) < 4.78 is 39.9. The molecule has 2 aromatic rings. The van der Waals surface area contributed by atoms with Crippen LogP contribution in [0.1, 0.15) is 18.1 Å². The molecule has 1 atom stereocenters. The van der Waals surface area contributed by atoms with E-state index in [2.05, 4.69) is 5.32 Å². The molecule has 0 heterocycles. The third kappa shape index (κ3) is 4.32. The predicted octanol–water partition coefficient (Wildman–Crippen LogP) is 3.34. The van der Waals surface area contributed by atoms with Gasteiger partial charge in [0.1, 0.15) is 0 Å². The highest BCUT2D eigenvalue weighted by atomic mass is 19.4. The highest BCUT2D eigenvalue weighted by Gasteiger charge is 2.33. The van der Waals surface area contributed by atoms with Gasteiger partial charge in [-0.15, -0.1) is 0 Å². The van der Waals surface area contributed by atoms with Gasteiger partial charge >= 0.3 is 6.18 Å². The number of rotatable bonds is 5. The van der Waals surface area contributed by atoms with Crippen LogP contribution in [-0.2, 0) is 17.5 Å². The molecule has 0 radical (unpaired) electrons. The summed E-state index contributed by atoms with van der Waals surface area (Å²) >= 11 is 0. The van der Waals surface area contributed by atoms with Crippen LogP contribution in [0.4, 0.5) is 13.2 Å². The molecule has 23 heavy (non-hydrogen) atoms. The number of primary amides is 1. The molecule has 0 saturated carbocycles. The van der Waals surface area contributed by atoms with Crippen molar-refractivity contribution in [1.29, 1.82) is 0 Å². The van der Waals surface area contributed by atoms with Crippen LogP contribution < -0.4 is 11.1 Å². The molecular weight excluding hydrogens is 305 g/mol. The van der Waals surface area contributed by atoms with E-state index in [0.29, 0.717) is 11.1 Å². The lowest BCUT2D eigenvalue weighted by molar-refractivity contribution is -0.138. The Hall–Kier alpha value is -2.34. The van der Waals surface area contributed by atoms with Crippen LogP contribution in [0.2, 0.25) is 0 Å². The molecule has 0 bridgehead atoms. The lowest BCUT2D eigenvalue weighted by Gasteiger charge is -2.17. The number of alkyl halides is 3. The van der Waals surface area contributed by atoms with Gasteiger partial charge in [0.2, 0.25) is 5.91 Å². The zero-order valence-electron chi connectivity index (χ0n) is 12.5. The van der Waals surface area contributed by atoms with Gasteiger partial charge in [0.05, 0.1) is 11.6 Å². The van der Waals surface area contributed by atoms with Crippen LogP contribution in [-0.4, -0.2) is 11.9 Å². The molecule has 1 amide bonds. The number of hydrogen-bond donors (Lipinski definition) is 2. The Balaban J connectivity index is 2.34. The number of benzene rings is 2. The van der Waals surface area contributed by atoms with E-state index in [1.807, 2.05) is 0 Å². The van der Waals surface area contributed by atoms with Crippen molar-refractivity contribution in [2.75, 3.05) is 0 Å². The summed E-state index contributed by atoms with van der Waals surface area (Å²) in [6, 6.07) is 12.3. The standard InChI is InChI=1S/C17H17F3N2O/c1-11(16(21)23)22-10-14-8-7-13(9-15(14)17(18,19)20)12-5-3-2-4-6-12/h2-9,11,22H,10H2,1H3,(H2,21,23). The average Bonchev–Trinajstić information content (AvgIpc) is 2.52. The van der Waals surface area contributed by atoms with Gasteiger partial charge in [-0.3, -0.25) is 4.79 Å². The van der Waals surface area contributed by atoms with Crippen LogP contribution in [0, 0.1) is 0 Å². The van der Waals surface area contributed by atoms with Gasteiger partial charge in [-0.1, -0.05) is 42.5 Å². The van der Waals surface area contributed by atoms with Crippen LogP contribution in [0.3, 0.4) is 0 Å². The quantitative estimate of drug-likeness (QED) is 0.887. The summed E-state index contributed by atoms with van der Waals surface area (Å²) in [5.41, 5.74) is 5.66. The van der Waals surface area contributed by atoms with Gasteiger partial charge in [0, 0.05) is 6.54 Å². The highest BCUT2D eigenvalue weighted by molar-refractivity contribution is 5.79. The Kier molecular flexibility index (Phi) is 5.05. The lowest BCUT2D eigenvalue weighted by Crippen LogP contribution is -2.38. The minimum atomic E-state index is -4.47. The van der Waals surface area contributed by atoms with Crippen LogP contribution in [0.25, 0.3) is 11.1 Å². The van der Waals surface area contributed by atoms with Crippen molar-refractivity contribution in [1.82, 2.24) is 5.32 Å². The molecule has 122 valence electrons. The summed E-state index contributed by atoms with van der Waals surface area (Å²) in [7, 11) is 0. The molecule has 1 unspecified atom stereocenters. The molecule has 0 aliphatic heterocycles. The lowest BCUT2D eigenvalue weighted by atomic mass is 9.98. The van der Waals surface area contributed by atoms with Crippen molar-refractivity contribution in [3.8, 4) is 11.1 Å². The molecule has 6 heteroatoms. The van der Waals surface area contributed by atoms with Crippen LogP contribution in [0.15, 0.2) is 48.5 Å². The smallest absolute Gasteiger partial charge is 0.368 e. The van der Waals surface area contributed by atoms with Crippen LogP contribution >= 0.6 is 0 Å². The maximum absolute atomic E-state index is 13.3. The molecule has 2 rings (SSSR count). The first-order valence-electron chi connectivity index (χ1n) is 7.07. The average molecular weight is 322 g/mol. The fourth-order valence-corrected chi connectivity index (χ4v) is 2.17. The maximum atomic E-state index is 13.3. The van der Waals surface area contributed by atoms with Crippen molar-refractivity contribution in [2.45, 2.75) is 25.7 Å². The Morgan fingerprint density at radius 2 is 1.78 bits per heavy atom. The second kappa shape index (κ2) is 6.83. The van der Waals surface area contributed by atoms with Crippen molar-refractivity contribution < 1.29 is 18.0 Å². The van der Waals surface area contributed by atoms with E-state index in [-0.39, 0.29) is 12.1 Å². The molecule has 0 aromatic heterocycles. The van der Waals surface area contributed by atoms with Crippen molar-refractivity contribution >= 4 is 5.91 Å². The predicted molar refractivity (Wildman–Crippen MR) is 82.4 cm³/mol. The van der Waals surface area contributed by atoms with Gasteiger partial charge in [0.25, 0.3) is 0 Å². The molecule has 2 aromatic carbocycles. The van der Waals surface area contributed by atoms with Crippen molar-refractivity contribution in [2.24, 2.45) is 5.73 Å². The van der Waals surface area contributed by atoms with Gasteiger partial charge in [-0.25, -0.2) is 0 Å². The molecule has 0 aliphatic rings. The molecule has 0 saturated heterocycles. The topological polar surface area (TPSA) is 55.1 Å². The molecule has 3 N–H and O–H groups in total. The Morgan fingerprint density at radius 1 is 1.13 bits per heavy atom. The van der Waals surface area contributed by atoms with Gasteiger partial charge in [-0.2, -0.15) is 13.2 Å². The van der Waals surface area contributed by atoms with E-state index in [1.54, 1.807) is 36.4 Å². The van der Waals surface area contributed by atoms with E-state index in [1.165, 1.54) is 13.0 Å². The number of nitrogens with two attached hydrogens (primary N) is 1. The molecule has 0 aliphatic carbocycles. The van der Waals surface area contributed by atoms with Crippen LogP contribution in [0.5, 0.6) is 0 Å². The van der Waals surface area contributed by atoms with E-state index >= 15 is 0 Å². The number of carbonyl (C=O) groups excluding carboxylic acids is 1. The van der Waals surface area contributed by atoms with E-state index in [4.69, 9.17) is 5.73 Å². The number of nitrogens with one attached hydrogen (secondary N) is 1. The summed E-state index contributed by atoms with van der Waals surface area (Å²) in [6.07, 6.45) is -4.47. The van der Waals surface area contributed by atoms with E-state index in [0.717, 1.165) is 6.07 Å². The number of carbonyl (C=O) groups is 1. The first-order valence-corrected chi connectivity index (χ1v) is 7.07. The third-order valence-electron chi connectivity index (χ3n) is 3.55. The van der Waals surface area contributed by atoms with Crippen molar-refractivity contribution in [3.63, 3.8) is 0 Å². The van der Waals surface area contributed by atoms with Crippen molar-refractivity contribution in [3.05, 3.63) is 59.7 Å². The maximum Gasteiger partial charge on any atom is 0.416 e. The fourth-order valence-electron chi connectivity index (χ4n) is 2.17. The summed E-state index contributed by atoms with van der Waals surface area (Å²) in [6.45, 7) is 1.42. The molecule has 3 nitrogen and oxygen atoms in total. The summed E-state index contributed by atoms with van der Waals surface area (Å²) in [5, 5.41) is 2.70. The summed E-state index contributed by atoms with van der Waals surface area (Å²) in [4.78, 5) is 11.0. The zero-order chi connectivity index (χ0) is 17.0. The highest BCUT2D eigenvalue weighted by Crippen LogP contribution is 2.35. The van der Waals surface area contributed by atoms with E-state index in [9.17, 15) is 18.0 Å². The number of amides is 1. The first-order chi connectivity index (χ1) is 10.8. The van der Waals surface area contributed by atoms with E-state index < -0.39 is 23.7 Å². The first kappa shape index (κ1) is 17.0. The normalized spacial score (nSPS) is 12.9. The second-order valence-corrected chi connectivity index (χ2v) is 5.24. The number of halogens is 3. The Morgan fingerprint density at radius 3 is 2.35 bits per heavy atom. The minimum Gasteiger partial charge on any atom is -0.368 e. The fraction of sp³-hybridized carbons (Fsp3) is 0.235. The number of hydrogen-bond acceptors (Lipinski definition) is 2. The SMILES string of the molecule is CC(NCc1ccc(-c2ccccc2)cc1C(F)(F)F)C(N)=O. The molecular formula is C17H17F3N2O. The zero-order valence-corrected chi connectivity index (χ0v) is 12.5. The summed E-state index contributed by atoms with van der Waals surface area (Å²) in [5.74, 6) is -0.612. The Bertz CT molecular complexity index is 684. The molecule has 0 spiro atoms. The largest absolute Gasteiger partial charge is 0.416 e. The second-order valence-electron chi connectivity index (χ2n) is 5.24. The molecule has 0 fully saturated rings. The monoisotopic (exact) mass is 322 g/mol. The third-order valence-corrected chi connectivity index (χ3v) is 3.55. The van der Waals surface area contributed by atoms with Gasteiger partial charge in [-0.05, 0) is 29.7 Å². The minimum absolute atomic E-state index is 0.0743.